The van der Waals surface area contributed by atoms with E-state index in [2.05, 4.69) is 46.9 Å². The smallest absolute Gasteiger partial charge is 0.309 e. The van der Waals surface area contributed by atoms with Crippen molar-refractivity contribution in [3.05, 3.63) is 11.1 Å². The molecule has 264 valence electrons. The fourth-order valence-corrected chi connectivity index (χ4v) is 12.5. The van der Waals surface area contributed by atoms with E-state index in [0.29, 0.717) is 36.6 Å². The summed E-state index contributed by atoms with van der Waals surface area (Å²) in [7, 11) is 0. The first kappa shape index (κ1) is 35.1. The number of rotatable bonds is 10. The van der Waals surface area contributed by atoms with Crippen molar-refractivity contribution in [1.82, 2.24) is 5.32 Å². The van der Waals surface area contributed by atoms with Crippen molar-refractivity contribution in [3.63, 3.8) is 0 Å². The average molecular weight is 654 g/mol. The molecule has 7 nitrogen and oxygen atoms in total. The van der Waals surface area contributed by atoms with Crippen molar-refractivity contribution in [1.29, 1.82) is 0 Å². The number of esters is 1. The van der Waals surface area contributed by atoms with Crippen molar-refractivity contribution >= 4 is 17.7 Å². The number of hydrogen-bond donors (Lipinski definition) is 3. The lowest BCUT2D eigenvalue weighted by molar-refractivity contribution is -0.214. The zero-order chi connectivity index (χ0) is 34.3. The number of nitrogens with one attached hydrogen (secondary N) is 1. The highest BCUT2D eigenvalue weighted by Gasteiger charge is 2.67. The number of aliphatic hydroxyl groups is 1. The molecule has 0 aromatic carbocycles. The molecular weight excluding hydrogens is 590 g/mol. The van der Waals surface area contributed by atoms with Crippen LogP contribution in [0.2, 0.25) is 0 Å². The maximum atomic E-state index is 13.8. The van der Waals surface area contributed by atoms with E-state index in [4.69, 9.17) is 4.74 Å². The normalized spacial score (nSPS) is 40.3. The summed E-state index contributed by atoms with van der Waals surface area (Å²) in [5.41, 5.74) is 0.883. The molecule has 0 aromatic heterocycles. The summed E-state index contributed by atoms with van der Waals surface area (Å²) in [5, 5.41) is 25.0. The molecule has 5 saturated carbocycles. The first-order valence-electron chi connectivity index (χ1n) is 19.0. The van der Waals surface area contributed by atoms with E-state index in [1.165, 1.54) is 18.4 Å². The molecule has 0 aromatic rings. The minimum absolute atomic E-state index is 0.117. The molecule has 47 heavy (non-hydrogen) atoms. The van der Waals surface area contributed by atoms with Crippen LogP contribution in [0.1, 0.15) is 132 Å². The second kappa shape index (κ2) is 12.0. The van der Waals surface area contributed by atoms with Crippen LogP contribution >= 0.6 is 0 Å². The number of ether oxygens (including phenoxy) is 1. The predicted octanol–water partition coefficient (Wildman–Crippen LogP) is 7.35. The first-order chi connectivity index (χ1) is 21.9. The molecule has 0 saturated heterocycles. The Hall–Kier alpha value is -1.73. The summed E-state index contributed by atoms with van der Waals surface area (Å²) < 4.78 is 6.13. The van der Waals surface area contributed by atoms with Crippen molar-refractivity contribution in [2.75, 3.05) is 13.1 Å². The number of carboxylic acid groups (broad SMARTS) is 1. The maximum absolute atomic E-state index is 13.8. The van der Waals surface area contributed by atoms with Gasteiger partial charge in [-0.2, -0.15) is 0 Å². The Balaban J connectivity index is 1.24. The van der Waals surface area contributed by atoms with E-state index in [0.717, 1.165) is 69.4 Å². The van der Waals surface area contributed by atoms with Crippen LogP contribution in [-0.2, 0) is 19.1 Å². The molecule has 0 aliphatic heterocycles. The first-order valence-corrected chi connectivity index (χ1v) is 19.0. The van der Waals surface area contributed by atoms with E-state index in [1.54, 1.807) is 13.8 Å². The number of allylic oxidation sites excluding steroid dienone is 1. The largest absolute Gasteiger partial charge is 0.481 e. The fourth-order valence-electron chi connectivity index (χ4n) is 12.5. The minimum atomic E-state index is -1.15. The van der Waals surface area contributed by atoms with Gasteiger partial charge in [-0.3, -0.25) is 14.4 Å². The van der Waals surface area contributed by atoms with Gasteiger partial charge in [0.2, 0.25) is 0 Å². The fraction of sp³-hybridized carbons (Fsp3) is 0.875. The second-order valence-electron chi connectivity index (χ2n) is 19.0. The van der Waals surface area contributed by atoms with Crippen LogP contribution < -0.4 is 5.32 Å². The van der Waals surface area contributed by atoms with Crippen LogP contribution in [0.5, 0.6) is 0 Å². The second-order valence-corrected chi connectivity index (χ2v) is 19.0. The molecule has 0 bridgehead atoms. The summed E-state index contributed by atoms with van der Waals surface area (Å²) in [6.07, 6.45) is 10.4. The van der Waals surface area contributed by atoms with Gasteiger partial charge >= 0.3 is 11.9 Å². The Labute approximate surface area is 283 Å². The van der Waals surface area contributed by atoms with Gasteiger partial charge in [0.1, 0.15) is 6.10 Å². The Morgan fingerprint density at radius 3 is 2.26 bits per heavy atom. The summed E-state index contributed by atoms with van der Waals surface area (Å²) in [6, 6.07) is 0. The standard InChI is InChI=1S/C40H63NO6/c1-23(2)33-27(42)19-40(30(43)22-41-21-24-9-10-24)18-13-26-25(34(33)40)11-12-29-38(26,7)16-14-28-37(5,6)31(15-17-39(28,29)8)47-32(44)20-36(3,4)35(45)46/h23-26,28-31,41,43H,9-22H2,1-8H3,(H,45,46). The molecule has 3 N–H and O–H groups in total. The number of Topliss-reactive ketones (excluding diaryl/α,β-unsaturated/α-hetero) is 1. The van der Waals surface area contributed by atoms with Crippen LogP contribution in [-0.4, -0.2) is 53.2 Å². The minimum Gasteiger partial charge on any atom is -0.481 e. The molecule has 5 fully saturated rings. The van der Waals surface area contributed by atoms with Gasteiger partial charge in [-0.05, 0) is 137 Å². The van der Waals surface area contributed by atoms with Crippen LogP contribution in [0.3, 0.4) is 0 Å². The number of carbonyl (C=O) groups excluding carboxylic acids is 2. The predicted molar refractivity (Wildman–Crippen MR) is 182 cm³/mol. The number of carbonyl (C=O) groups is 3. The highest BCUT2D eigenvalue weighted by atomic mass is 16.5. The monoisotopic (exact) mass is 653 g/mol. The van der Waals surface area contributed by atoms with E-state index in [1.807, 2.05) is 0 Å². The van der Waals surface area contributed by atoms with Crippen molar-refractivity contribution in [2.24, 2.45) is 62.6 Å². The van der Waals surface area contributed by atoms with Gasteiger partial charge in [0.05, 0.1) is 17.9 Å². The van der Waals surface area contributed by atoms with E-state index >= 15 is 0 Å². The zero-order valence-electron chi connectivity index (χ0n) is 30.5. The Morgan fingerprint density at radius 1 is 0.936 bits per heavy atom. The Kier molecular flexibility index (Phi) is 8.93. The van der Waals surface area contributed by atoms with E-state index < -0.39 is 28.9 Å². The number of fused-ring (bicyclic) bond motifs is 7. The van der Waals surface area contributed by atoms with Gasteiger partial charge in [0.25, 0.3) is 0 Å². The van der Waals surface area contributed by atoms with Gasteiger partial charge in [0, 0.05) is 23.8 Å². The molecule has 0 spiro atoms. The number of aliphatic hydroxyl groups excluding tert-OH is 1. The Bertz CT molecular complexity index is 1310. The quantitative estimate of drug-likeness (QED) is 0.211. The summed E-state index contributed by atoms with van der Waals surface area (Å²) in [5.74, 6) is 1.63. The lowest BCUT2D eigenvalue weighted by Gasteiger charge is -2.69. The molecule has 6 rings (SSSR count). The third kappa shape index (κ3) is 5.65. The van der Waals surface area contributed by atoms with Crippen LogP contribution in [0.25, 0.3) is 0 Å². The van der Waals surface area contributed by atoms with Crippen LogP contribution in [0, 0.1) is 62.6 Å². The molecule has 7 heteroatoms. The molecule has 0 radical (unpaired) electrons. The molecule has 0 amide bonds. The molecule has 6 aliphatic carbocycles. The van der Waals surface area contributed by atoms with E-state index in [-0.39, 0.29) is 40.5 Å². The highest BCUT2D eigenvalue weighted by molar-refractivity contribution is 6.00. The molecule has 9 unspecified atom stereocenters. The molecule has 9 atom stereocenters. The summed E-state index contributed by atoms with van der Waals surface area (Å²) >= 11 is 0. The van der Waals surface area contributed by atoms with Gasteiger partial charge in [0.15, 0.2) is 5.78 Å². The van der Waals surface area contributed by atoms with Gasteiger partial charge in [-0.15, -0.1) is 0 Å². The van der Waals surface area contributed by atoms with Gasteiger partial charge in [-0.25, -0.2) is 0 Å². The van der Waals surface area contributed by atoms with Crippen LogP contribution in [0.4, 0.5) is 0 Å². The lowest BCUT2D eigenvalue weighted by Crippen LogP contribution is -2.63. The van der Waals surface area contributed by atoms with Gasteiger partial charge < -0.3 is 20.3 Å². The zero-order valence-corrected chi connectivity index (χ0v) is 30.5. The van der Waals surface area contributed by atoms with E-state index in [9.17, 15) is 24.6 Å². The topological polar surface area (TPSA) is 113 Å². The Morgan fingerprint density at radius 2 is 1.62 bits per heavy atom. The van der Waals surface area contributed by atoms with Crippen LogP contribution in [0.15, 0.2) is 11.1 Å². The number of ketones is 1. The summed E-state index contributed by atoms with van der Waals surface area (Å²) in [6.45, 7) is 18.7. The highest BCUT2D eigenvalue weighted by Crippen LogP contribution is 2.73. The molecule has 0 heterocycles. The number of hydrogen-bond acceptors (Lipinski definition) is 6. The summed E-state index contributed by atoms with van der Waals surface area (Å²) in [4.78, 5) is 38.5. The third-order valence-electron chi connectivity index (χ3n) is 15.1. The van der Waals surface area contributed by atoms with Crippen molar-refractivity contribution in [2.45, 2.75) is 145 Å². The SMILES string of the molecule is CC(C)C1=C2C3CCC4C(C)(CCC5C(C)(C)C(OC(=O)CC(C)(C)C(=O)O)CCC54C)C3CCC2(C(O)CNCC2CC2)CC1=O. The third-order valence-corrected chi connectivity index (χ3v) is 15.1. The van der Waals surface area contributed by atoms with Crippen molar-refractivity contribution in [3.8, 4) is 0 Å². The van der Waals surface area contributed by atoms with Gasteiger partial charge in [-0.1, -0.05) is 47.1 Å². The maximum Gasteiger partial charge on any atom is 0.309 e. The number of carboxylic acids is 1. The average Bonchev–Trinajstić information content (AvgIpc) is 3.73. The molecule has 6 aliphatic rings. The number of aliphatic carboxylic acids is 1. The lowest BCUT2D eigenvalue weighted by atomic mass is 9.36. The van der Waals surface area contributed by atoms with Crippen molar-refractivity contribution < 1.29 is 29.3 Å². The molecular formula is C40H63NO6.